The zero-order chi connectivity index (χ0) is 8.69. The normalized spacial score (nSPS) is 11.8. The summed E-state index contributed by atoms with van der Waals surface area (Å²) >= 11 is 0. The van der Waals surface area contributed by atoms with Crippen LogP contribution in [-0.4, -0.2) is 13.3 Å². The second kappa shape index (κ2) is 5.68. The minimum atomic E-state index is 0.857. The molecule has 0 amide bonds. The van der Waals surface area contributed by atoms with E-state index in [4.69, 9.17) is 5.84 Å². The van der Waals surface area contributed by atoms with Crippen molar-refractivity contribution in [2.75, 3.05) is 7.05 Å². The number of hydrogen-bond acceptors (Lipinski definition) is 3. The van der Waals surface area contributed by atoms with Gasteiger partial charge in [0.25, 0.3) is 0 Å². The van der Waals surface area contributed by atoms with E-state index in [1.54, 1.807) is 13.3 Å². The van der Waals surface area contributed by atoms with Crippen LogP contribution < -0.4 is 11.3 Å². The zero-order valence-corrected chi connectivity index (χ0v) is 7.26. The Bertz CT molecular complexity index is 186. The van der Waals surface area contributed by atoms with E-state index in [1.807, 2.05) is 26.0 Å². The average Bonchev–Trinajstić information content (AvgIpc) is 1.97. The van der Waals surface area contributed by atoms with Crippen LogP contribution in [0.1, 0.15) is 13.8 Å². The molecule has 11 heavy (non-hydrogen) atoms. The zero-order valence-electron chi connectivity index (χ0n) is 7.26. The van der Waals surface area contributed by atoms with Gasteiger partial charge in [-0.25, -0.2) is 0 Å². The van der Waals surface area contributed by atoms with E-state index in [0.29, 0.717) is 0 Å². The summed E-state index contributed by atoms with van der Waals surface area (Å²) in [6.07, 6.45) is 5.45. The molecular formula is C8H15N3. The maximum atomic E-state index is 5.24. The van der Waals surface area contributed by atoms with Crippen molar-refractivity contribution in [2.45, 2.75) is 13.8 Å². The monoisotopic (exact) mass is 153 g/mol. The van der Waals surface area contributed by atoms with Crippen LogP contribution in [-0.2, 0) is 0 Å². The number of nitrogens with one attached hydrogen (secondary N) is 1. The Morgan fingerprint density at radius 1 is 1.45 bits per heavy atom. The van der Waals surface area contributed by atoms with Crippen molar-refractivity contribution in [2.24, 2.45) is 10.8 Å². The van der Waals surface area contributed by atoms with E-state index in [1.165, 1.54) is 5.57 Å². The largest absolute Gasteiger partial charge is 0.324 e. The first-order chi connectivity index (χ1) is 5.20. The number of hydrazine groups is 1. The van der Waals surface area contributed by atoms with E-state index < -0.39 is 0 Å². The standard InChI is InChI=1S/C8H15N3/c1-7(2)6-8(11-9)4-5-10-3/h4-6,11H,9H2,1-3H3/b8-4-,10-5?. The van der Waals surface area contributed by atoms with Crippen molar-refractivity contribution in [1.82, 2.24) is 5.43 Å². The SMILES string of the molecule is CN=C/C=C(/C=C(C)C)NN. The van der Waals surface area contributed by atoms with Crippen LogP contribution in [0.2, 0.25) is 0 Å². The van der Waals surface area contributed by atoms with Gasteiger partial charge in [0.2, 0.25) is 0 Å². The first-order valence-corrected chi connectivity index (χ1v) is 3.44. The molecule has 0 rings (SSSR count). The minimum Gasteiger partial charge on any atom is -0.324 e. The molecule has 0 aliphatic carbocycles. The lowest BCUT2D eigenvalue weighted by molar-refractivity contribution is 0.915. The number of aliphatic imine (C=N–C) groups is 1. The summed E-state index contributed by atoms with van der Waals surface area (Å²) in [7, 11) is 1.72. The molecule has 0 atom stereocenters. The molecule has 0 aromatic heterocycles. The number of nitrogens with zero attached hydrogens (tertiary/aromatic N) is 1. The molecular weight excluding hydrogens is 138 g/mol. The second-order valence-corrected chi connectivity index (χ2v) is 2.40. The summed E-state index contributed by atoms with van der Waals surface area (Å²) in [5, 5.41) is 0. The Kier molecular flexibility index (Phi) is 5.11. The average molecular weight is 153 g/mol. The Morgan fingerprint density at radius 2 is 2.09 bits per heavy atom. The van der Waals surface area contributed by atoms with Gasteiger partial charge in [-0.2, -0.15) is 0 Å². The smallest absolute Gasteiger partial charge is 0.0499 e. The highest BCUT2D eigenvalue weighted by atomic mass is 15.2. The molecule has 0 unspecified atom stereocenters. The quantitative estimate of drug-likeness (QED) is 0.275. The maximum Gasteiger partial charge on any atom is 0.0499 e. The fourth-order valence-electron chi connectivity index (χ4n) is 0.604. The van der Waals surface area contributed by atoms with E-state index in [2.05, 4.69) is 10.4 Å². The predicted molar refractivity (Wildman–Crippen MR) is 49.3 cm³/mol. The number of allylic oxidation sites excluding steroid dienone is 3. The molecule has 0 saturated heterocycles. The summed E-state index contributed by atoms with van der Waals surface area (Å²) in [5.74, 6) is 5.24. The van der Waals surface area contributed by atoms with Gasteiger partial charge in [0.15, 0.2) is 0 Å². The Hall–Kier alpha value is -1.09. The third-order valence-electron chi connectivity index (χ3n) is 1.01. The highest BCUT2D eigenvalue weighted by Gasteiger charge is 1.84. The Labute approximate surface area is 67.7 Å². The minimum absolute atomic E-state index is 0.857. The van der Waals surface area contributed by atoms with Gasteiger partial charge in [0.1, 0.15) is 0 Å². The second-order valence-electron chi connectivity index (χ2n) is 2.40. The van der Waals surface area contributed by atoms with Crippen LogP contribution in [0.5, 0.6) is 0 Å². The number of rotatable bonds is 3. The first-order valence-electron chi connectivity index (χ1n) is 3.44. The fourth-order valence-corrected chi connectivity index (χ4v) is 0.604. The molecule has 0 saturated carbocycles. The topological polar surface area (TPSA) is 50.4 Å². The van der Waals surface area contributed by atoms with Gasteiger partial charge < -0.3 is 5.43 Å². The molecule has 0 fully saturated rings. The number of nitrogens with two attached hydrogens (primary N) is 1. The lowest BCUT2D eigenvalue weighted by Gasteiger charge is -1.98. The first kappa shape index (κ1) is 9.91. The molecule has 0 heterocycles. The molecule has 0 spiro atoms. The van der Waals surface area contributed by atoms with E-state index in [0.717, 1.165) is 5.70 Å². The Morgan fingerprint density at radius 3 is 2.45 bits per heavy atom. The van der Waals surface area contributed by atoms with Crippen LogP contribution in [0, 0.1) is 0 Å². The van der Waals surface area contributed by atoms with Crippen molar-refractivity contribution in [3.05, 3.63) is 23.4 Å². The fraction of sp³-hybridized carbons (Fsp3) is 0.375. The summed E-state index contributed by atoms with van der Waals surface area (Å²) in [5.41, 5.74) is 4.61. The Balaban J connectivity index is 4.28. The van der Waals surface area contributed by atoms with Gasteiger partial charge in [0.05, 0.1) is 0 Å². The van der Waals surface area contributed by atoms with Gasteiger partial charge in [-0.05, 0) is 26.0 Å². The summed E-state index contributed by atoms with van der Waals surface area (Å²) in [6, 6.07) is 0. The lowest BCUT2D eigenvalue weighted by Crippen LogP contribution is -2.20. The van der Waals surface area contributed by atoms with Crippen molar-refractivity contribution >= 4 is 6.21 Å². The van der Waals surface area contributed by atoms with E-state index >= 15 is 0 Å². The molecule has 0 radical (unpaired) electrons. The van der Waals surface area contributed by atoms with Crippen LogP contribution in [0.25, 0.3) is 0 Å². The van der Waals surface area contributed by atoms with Crippen molar-refractivity contribution < 1.29 is 0 Å². The molecule has 0 aliphatic heterocycles. The van der Waals surface area contributed by atoms with E-state index in [-0.39, 0.29) is 0 Å². The third-order valence-corrected chi connectivity index (χ3v) is 1.01. The van der Waals surface area contributed by atoms with Crippen LogP contribution in [0.3, 0.4) is 0 Å². The van der Waals surface area contributed by atoms with Gasteiger partial charge in [-0.15, -0.1) is 0 Å². The van der Waals surface area contributed by atoms with Crippen molar-refractivity contribution in [1.29, 1.82) is 0 Å². The van der Waals surface area contributed by atoms with Gasteiger partial charge >= 0.3 is 0 Å². The summed E-state index contributed by atoms with van der Waals surface area (Å²) < 4.78 is 0. The lowest BCUT2D eigenvalue weighted by atomic mass is 10.3. The molecule has 3 heteroatoms. The molecule has 0 aliphatic rings. The van der Waals surface area contributed by atoms with Crippen LogP contribution >= 0.6 is 0 Å². The molecule has 0 bridgehead atoms. The molecule has 0 aromatic rings. The van der Waals surface area contributed by atoms with Crippen molar-refractivity contribution in [3.8, 4) is 0 Å². The van der Waals surface area contributed by atoms with Gasteiger partial charge in [-0.1, -0.05) is 5.57 Å². The number of hydrogen-bond donors (Lipinski definition) is 2. The van der Waals surface area contributed by atoms with E-state index in [9.17, 15) is 0 Å². The molecule has 3 N–H and O–H groups in total. The molecule has 0 aromatic carbocycles. The van der Waals surface area contributed by atoms with Crippen molar-refractivity contribution in [3.63, 3.8) is 0 Å². The maximum absolute atomic E-state index is 5.24. The van der Waals surface area contributed by atoms with Crippen LogP contribution in [0.4, 0.5) is 0 Å². The van der Waals surface area contributed by atoms with Crippen LogP contribution in [0.15, 0.2) is 28.4 Å². The molecule has 3 nitrogen and oxygen atoms in total. The summed E-state index contributed by atoms with van der Waals surface area (Å²) in [6.45, 7) is 4.02. The highest BCUT2D eigenvalue weighted by Crippen LogP contribution is 1.95. The van der Waals surface area contributed by atoms with Gasteiger partial charge in [-0.3, -0.25) is 10.8 Å². The van der Waals surface area contributed by atoms with Gasteiger partial charge in [0, 0.05) is 19.0 Å². The summed E-state index contributed by atoms with van der Waals surface area (Å²) in [4.78, 5) is 3.80. The predicted octanol–water partition coefficient (Wildman–Crippen LogP) is 1.00. The molecule has 62 valence electrons. The highest BCUT2D eigenvalue weighted by molar-refractivity contribution is 5.72. The third kappa shape index (κ3) is 5.36.